The van der Waals surface area contributed by atoms with Crippen molar-refractivity contribution in [2.45, 2.75) is 53.1 Å². The number of rotatable bonds is 0. The van der Waals surface area contributed by atoms with E-state index in [0.29, 0.717) is 17.3 Å². The third kappa shape index (κ3) is 1.21. The minimum atomic E-state index is -0.0670. The van der Waals surface area contributed by atoms with Crippen LogP contribution < -0.4 is 0 Å². The fourth-order valence-corrected chi connectivity index (χ4v) is 4.58. The van der Waals surface area contributed by atoms with Crippen molar-refractivity contribution >= 4 is 0 Å². The largest absolute Gasteiger partial charge is 0.393 e. The molecule has 0 aromatic carbocycles. The first-order chi connectivity index (χ1) is 7.44. The molecule has 0 saturated heterocycles. The second kappa shape index (κ2) is 3.13. The van der Waals surface area contributed by atoms with E-state index in [0.717, 1.165) is 18.3 Å². The van der Waals surface area contributed by atoms with Crippen molar-refractivity contribution in [3.63, 3.8) is 0 Å². The number of fused-ring (bicyclic) bond motifs is 3. The fraction of sp³-hybridized carbons (Fsp3) is 0.867. The second-order valence-electron chi connectivity index (χ2n) is 6.95. The van der Waals surface area contributed by atoms with E-state index in [1.165, 1.54) is 12.8 Å². The molecule has 0 aromatic heterocycles. The first-order valence-electron chi connectivity index (χ1n) is 6.82. The molecule has 0 aromatic rings. The molecule has 0 radical (unpaired) electrons. The molecular weight excluding hydrogens is 196 g/mol. The van der Waals surface area contributed by atoms with Crippen molar-refractivity contribution in [3.05, 3.63) is 11.1 Å². The molecule has 5 unspecified atom stereocenters. The van der Waals surface area contributed by atoms with E-state index in [1.807, 2.05) is 0 Å². The van der Waals surface area contributed by atoms with Crippen LogP contribution in [-0.4, -0.2) is 11.2 Å². The molecule has 5 atom stereocenters. The molecule has 3 aliphatic rings. The average Bonchev–Trinajstić information content (AvgIpc) is 2.58. The molecule has 16 heavy (non-hydrogen) atoms. The van der Waals surface area contributed by atoms with Crippen LogP contribution in [0.15, 0.2) is 11.1 Å². The van der Waals surface area contributed by atoms with Gasteiger partial charge in [-0.25, -0.2) is 0 Å². The minimum Gasteiger partial charge on any atom is -0.393 e. The maximum atomic E-state index is 10.3. The minimum absolute atomic E-state index is 0.0670. The van der Waals surface area contributed by atoms with Crippen LogP contribution in [0.2, 0.25) is 0 Å². The van der Waals surface area contributed by atoms with E-state index in [9.17, 15) is 5.11 Å². The van der Waals surface area contributed by atoms with Gasteiger partial charge in [0.1, 0.15) is 0 Å². The molecule has 1 heteroatoms. The number of hydrogen-bond donors (Lipinski definition) is 1. The van der Waals surface area contributed by atoms with Crippen LogP contribution >= 0.6 is 0 Å². The van der Waals surface area contributed by atoms with Gasteiger partial charge < -0.3 is 5.11 Å². The van der Waals surface area contributed by atoms with Crippen molar-refractivity contribution in [2.75, 3.05) is 0 Å². The average molecular weight is 220 g/mol. The predicted octanol–water partition coefficient (Wildman–Crippen LogP) is 3.39. The Labute approximate surface area is 98.9 Å². The van der Waals surface area contributed by atoms with E-state index < -0.39 is 0 Å². The Kier molecular flexibility index (Phi) is 2.12. The van der Waals surface area contributed by atoms with Gasteiger partial charge in [0.05, 0.1) is 6.10 Å². The maximum absolute atomic E-state index is 10.3. The quantitative estimate of drug-likeness (QED) is 0.620. The van der Waals surface area contributed by atoms with Crippen LogP contribution in [-0.2, 0) is 0 Å². The summed E-state index contributed by atoms with van der Waals surface area (Å²) < 4.78 is 0. The fourth-order valence-electron chi connectivity index (χ4n) is 4.58. The molecule has 2 fully saturated rings. The molecule has 0 spiro atoms. The van der Waals surface area contributed by atoms with Gasteiger partial charge in [0.2, 0.25) is 0 Å². The lowest BCUT2D eigenvalue weighted by atomic mass is 9.81. The van der Waals surface area contributed by atoms with Crippen LogP contribution in [0.3, 0.4) is 0 Å². The molecular formula is C15H24O. The Morgan fingerprint density at radius 3 is 2.69 bits per heavy atom. The normalized spacial score (nSPS) is 49.7. The summed E-state index contributed by atoms with van der Waals surface area (Å²) in [6.45, 7) is 9.36. The van der Waals surface area contributed by atoms with Gasteiger partial charge in [-0.3, -0.25) is 0 Å². The molecule has 2 saturated carbocycles. The van der Waals surface area contributed by atoms with E-state index >= 15 is 0 Å². The Hall–Kier alpha value is -0.300. The highest BCUT2D eigenvalue weighted by Crippen LogP contribution is 2.69. The van der Waals surface area contributed by atoms with Crippen molar-refractivity contribution < 1.29 is 5.11 Å². The first-order valence-corrected chi connectivity index (χ1v) is 6.82. The molecule has 0 heterocycles. The van der Waals surface area contributed by atoms with Crippen LogP contribution in [0.25, 0.3) is 0 Å². The highest BCUT2D eigenvalue weighted by molar-refractivity contribution is 5.35. The van der Waals surface area contributed by atoms with Gasteiger partial charge in [-0.05, 0) is 55.3 Å². The summed E-state index contributed by atoms with van der Waals surface area (Å²) in [6.07, 6.45) is 3.53. The highest BCUT2D eigenvalue weighted by Gasteiger charge is 2.63. The van der Waals surface area contributed by atoms with E-state index in [2.05, 4.69) is 27.7 Å². The maximum Gasteiger partial charge on any atom is 0.0574 e. The SMILES string of the molecule is CC1=C2C(CC1)C(C)C(O)CC1C2C1(C)C. The molecule has 0 amide bonds. The van der Waals surface area contributed by atoms with Crippen molar-refractivity contribution in [1.29, 1.82) is 0 Å². The van der Waals surface area contributed by atoms with Crippen LogP contribution in [0, 0.1) is 29.1 Å². The Balaban J connectivity index is 2.02. The van der Waals surface area contributed by atoms with E-state index in [4.69, 9.17) is 0 Å². The molecule has 3 rings (SSSR count). The van der Waals surface area contributed by atoms with Gasteiger partial charge in [-0.2, -0.15) is 0 Å². The Morgan fingerprint density at radius 1 is 1.31 bits per heavy atom. The molecule has 1 nitrogen and oxygen atoms in total. The van der Waals surface area contributed by atoms with Crippen molar-refractivity contribution in [1.82, 2.24) is 0 Å². The summed E-state index contributed by atoms with van der Waals surface area (Å²) in [5.41, 5.74) is 3.85. The summed E-state index contributed by atoms with van der Waals surface area (Å²) >= 11 is 0. The van der Waals surface area contributed by atoms with Gasteiger partial charge >= 0.3 is 0 Å². The summed E-state index contributed by atoms with van der Waals surface area (Å²) in [5, 5.41) is 10.3. The molecule has 1 N–H and O–H groups in total. The number of hydrogen-bond acceptors (Lipinski definition) is 1. The van der Waals surface area contributed by atoms with Crippen molar-refractivity contribution in [3.8, 4) is 0 Å². The zero-order valence-corrected chi connectivity index (χ0v) is 11.0. The number of allylic oxidation sites excluding steroid dienone is 2. The monoisotopic (exact) mass is 220 g/mol. The lowest BCUT2D eigenvalue weighted by Gasteiger charge is -2.27. The summed E-state index contributed by atoms with van der Waals surface area (Å²) in [6, 6.07) is 0. The lowest BCUT2D eigenvalue weighted by Crippen LogP contribution is -2.25. The van der Waals surface area contributed by atoms with E-state index in [-0.39, 0.29) is 6.10 Å². The van der Waals surface area contributed by atoms with Gasteiger partial charge in [-0.1, -0.05) is 31.9 Å². The smallest absolute Gasteiger partial charge is 0.0574 e. The van der Waals surface area contributed by atoms with Gasteiger partial charge in [-0.15, -0.1) is 0 Å². The standard InChI is InChI=1S/C15H24O/c1-8-5-6-10-9(2)12(16)7-11-14(13(8)10)15(11,3)4/h9-12,14,16H,5-7H2,1-4H3. The second-order valence-corrected chi connectivity index (χ2v) is 6.95. The molecule has 0 aliphatic heterocycles. The molecule has 0 bridgehead atoms. The third-order valence-electron chi connectivity index (χ3n) is 5.85. The number of aliphatic hydroxyl groups is 1. The zero-order valence-electron chi connectivity index (χ0n) is 11.0. The topological polar surface area (TPSA) is 20.2 Å². The van der Waals surface area contributed by atoms with Crippen LogP contribution in [0.1, 0.15) is 47.0 Å². The molecule has 90 valence electrons. The lowest BCUT2D eigenvalue weighted by molar-refractivity contribution is 0.0790. The molecule has 3 aliphatic carbocycles. The van der Waals surface area contributed by atoms with Gasteiger partial charge in [0, 0.05) is 0 Å². The summed E-state index contributed by atoms with van der Waals surface area (Å²) in [5.74, 6) is 2.71. The predicted molar refractivity (Wildman–Crippen MR) is 66.0 cm³/mol. The highest BCUT2D eigenvalue weighted by atomic mass is 16.3. The van der Waals surface area contributed by atoms with Gasteiger partial charge in [0.25, 0.3) is 0 Å². The summed E-state index contributed by atoms with van der Waals surface area (Å²) in [7, 11) is 0. The van der Waals surface area contributed by atoms with Crippen LogP contribution in [0.5, 0.6) is 0 Å². The Bertz CT molecular complexity index is 352. The van der Waals surface area contributed by atoms with Crippen LogP contribution in [0.4, 0.5) is 0 Å². The summed E-state index contributed by atoms with van der Waals surface area (Å²) in [4.78, 5) is 0. The van der Waals surface area contributed by atoms with Gasteiger partial charge in [0.15, 0.2) is 0 Å². The zero-order chi connectivity index (χ0) is 11.7. The number of aliphatic hydroxyl groups excluding tert-OH is 1. The third-order valence-corrected chi connectivity index (χ3v) is 5.85. The first kappa shape index (κ1) is 10.8. The Morgan fingerprint density at radius 2 is 2.00 bits per heavy atom. The van der Waals surface area contributed by atoms with E-state index in [1.54, 1.807) is 11.1 Å². The van der Waals surface area contributed by atoms with Crippen molar-refractivity contribution in [2.24, 2.45) is 29.1 Å².